The molecular weight excluding hydrogens is 176 g/mol. The second-order valence-electron chi connectivity index (χ2n) is 2.11. The summed E-state index contributed by atoms with van der Waals surface area (Å²) in [5, 5.41) is 2.69. The molecule has 1 N–H and O–H groups in total. The summed E-state index contributed by atoms with van der Waals surface area (Å²) >= 11 is 1.33. The first-order chi connectivity index (χ1) is 5.84. The second kappa shape index (κ2) is 4.84. The molecule has 0 saturated carbocycles. The topological polar surface area (TPSA) is 51.2 Å². The molecule has 1 heterocycles. The molecule has 0 atom stereocenters. The molecule has 0 fully saturated rings. The number of methoxy groups -OCH3 is 1. The number of aromatic nitrogens is 1. The molecule has 1 amide bonds. The monoisotopic (exact) mass is 186 g/mol. The minimum Gasteiger partial charge on any atom is -0.383 e. The van der Waals surface area contributed by atoms with Crippen LogP contribution < -0.4 is 5.32 Å². The first-order valence-electron chi connectivity index (χ1n) is 3.50. The summed E-state index contributed by atoms with van der Waals surface area (Å²) in [7, 11) is 1.60. The number of ether oxygens (including phenoxy) is 1. The largest absolute Gasteiger partial charge is 0.383 e. The zero-order chi connectivity index (χ0) is 8.81. The highest BCUT2D eigenvalue weighted by Gasteiger charge is 2.04. The molecule has 5 heteroatoms. The smallest absolute Gasteiger partial charge is 0.263 e. The van der Waals surface area contributed by atoms with Gasteiger partial charge in [-0.3, -0.25) is 9.78 Å². The Hall–Kier alpha value is -0.940. The number of amides is 1. The number of rotatable bonds is 4. The number of nitrogens with one attached hydrogen (secondary N) is 1. The van der Waals surface area contributed by atoms with Gasteiger partial charge in [-0.05, 0) is 0 Å². The van der Waals surface area contributed by atoms with Gasteiger partial charge in [0.15, 0.2) is 0 Å². The van der Waals surface area contributed by atoms with Gasteiger partial charge in [0.25, 0.3) is 5.91 Å². The van der Waals surface area contributed by atoms with Crippen LogP contribution in [0.25, 0.3) is 0 Å². The van der Waals surface area contributed by atoms with Gasteiger partial charge in [0, 0.05) is 13.7 Å². The summed E-state index contributed by atoms with van der Waals surface area (Å²) in [5.41, 5.74) is 1.63. The van der Waals surface area contributed by atoms with E-state index in [0.29, 0.717) is 18.0 Å². The van der Waals surface area contributed by atoms with Crippen LogP contribution >= 0.6 is 11.3 Å². The number of hydrogen-bond acceptors (Lipinski definition) is 4. The molecule has 0 unspecified atom stereocenters. The summed E-state index contributed by atoms with van der Waals surface area (Å²) in [6, 6.07) is 0. The van der Waals surface area contributed by atoms with Gasteiger partial charge in [0.05, 0.1) is 18.3 Å². The van der Waals surface area contributed by atoms with Crippen LogP contribution in [-0.2, 0) is 4.74 Å². The van der Waals surface area contributed by atoms with Crippen LogP contribution in [0.3, 0.4) is 0 Å². The van der Waals surface area contributed by atoms with Crippen molar-refractivity contribution < 1.29 is 9.53 Å². The number of thiazole rings is 1. The summed E-state index contributed by atoms with van der Waals surface area (Å²) in [6.07, 6.45) is 1.55. The fourth-order valence-corrected chi connectivity index (χ4v) is 1.22. The van der Waals surface area contributed by atoms with Crippen LogP contribution in [0, 0.1) is 0 Å². The van der Waals surface area contributed by atoms with E-state index >= 15 is 0 Å². The Morgan fingerprint density at radius 3 is 3.25 bits per heavy atom. The van der Waals surface area contributed by atoms with E-state index in [1.807, 2.05) is 0 Å². The van der Waals surface area contributed by atoms with E-state index in [4.69, 9.17) is 4.74 Å². The Morgan fingerprint density at radius 2 is 2.67 bits per heavy atom. The molecule has 12 heavy (non-hydrogen) atoms. The maximum Gasteiger partial charge on any atom is 0.263 e. The molecule has 0 aliphatic heterocycles. The standard InChI is InChI=1S/C7H10N2O2S/c1-11-3-2-9-7(10)6-4-8-5-12-6/h4-5H,2-3H2,1H3,(H,9,10). The molecule has 0 radical (unpaired) electrons. The van der Waals surface area contributed by atoms with Crippen LogP contribution in [0.2, 0.25) is 0 Å². The molecule has 0 aromatic carbocycles. The fourth-order valence-electron chi connectivity index (χ4n) is 0.682. The molecule has 1 rings (SSSR count). The minimum absolute atomic E-state index is 0.0884. The highest BCUT2D eigenvalue weighted by atomic mass is 32.1. The van der Waals surface area contributed by atoms with E-state index in [0.717, 1.165) is 0 Å². The molecule has 1 aromatic rings. The predicted molar refractivity (Wildman–Crippen MR) is 46.3 cm³/mol. The van der Waals surface area contributed by atoms with Crippen LogP contribution in [0.1, 0.15) is 9.67 Å². The lowest BCUT2D eigenvalue weighted by atomic mass is 10.5. The van der Waals surface area contributed by atoms with Crippen LogP contribution in [0.4, 0.5) is 0 Å². The minimum atomic E-state index is -0.0884. The van der Waals surface area contributed by atoms with Crippen molar-refractivity contribution in [3.63, 3.8) is 0 Å². The Morgan fingerprint density at radius 1 is 1.83 bits per heavy atom. The molecule has 0 spiro atoms. The van der Waals surface area contributed by atoms with Crippen LogP contribution in [0.5, 0.6) is 0 Å². The second-order valence-corrected chi connectivity index (χ2v) is 3.00. The third-order valence-corrected chi connectivity index (χ3v) is 2.02. The van der Waals surface area contributed by atoms with Crippen molar-refractivity contribution in [3.05, 3.63) is 16.6 Å². The van der Waals surface area contributed by atoms with E-state index in [2.05, 4.69) is 10.3 Å². The molecule has 0 saturated heterocycles. The summed E-state index contributed by atoms with van der Waals surface area (Å²) in [4.78, 5) is 15.6. The zero-order valence-electron chi connectivity index (χ0n) is 6.74. The van der Waals surface area contributed by atoms with Crippen LogP contribution in [0.15, 0.2) is 11.7 Å². The highest BCUT2D eigenvalue weighted by molar-refractivity contribution is 7.11. The van der Waals surface area contributed by atoms with E-state index in [1.165, 1.54) is 11.3 Å². The average molecular weight is 186 g/mol. The normalized spacial score (nSPS) is 9.75. The molecule has 1 aromatic heterocycles. The summed E-state index contributed by atoms with van der Waals surface area (Å²) in [6.45, 7) is 1.07. The average Bonchev–Trinajstić information content (AvgIpc) is 2.56. The van der Waals surface area contributed by atoms with Gasteiger partial charge in [-0.25, -0.2) is 0 Å². The van der Waals surface area contributed by atoms with Gasteiger partial charge in [0.2, 0.25) is 0 Å². The Bertz CT molecular complexity index is 236. The maximum absolute atomic E-state index is 11.2. The van der Waals surface area contributed by atoms with Crippen molar-refractivity contribution in [2.75, 3.05) is 20.3 Å². The third-order valence-electron chi connectivity index (χ3n) is 1.25. The van der Waals surface area contributed by atoms with Gasteiger partial charge < -0.3 is 10.1 Å². The van der Waals surface area contributed by atoms with Gasteiger partial charge in [-0.1, -0.05) is 0 Å². The number of carbonyl (C=O) groups excluding carboxylic acids is 1. The number of carbonyl (C=O) groups is 1. The van der Waals surface area contributed by atoms with Crippen molar-refractivity contribution in [3.8, 4) is 0 Å². The molecule has 0 aliphatic carbocycles. The quantitative estimate of drug-likeness (QED) is 0.697. The summed E-state index contributed by atoms with van der Waals surface area (Å²) in [5.74, 6) is -0.0884. The van der Waals surface area contributed by atoms with Crippen molar-refractivity contribution in [2.45, 2.75) is 0 Å². The Labute approximate surface area is 74.6 Å². The lowest BCUT2D eigenvalue weighted by Gasteiger charge is -2.00. The Balaban J connectivity index is 2.30. The van der Waals surface area contributed by atoms with Crippen molar-refractivity contribution >= 4 is 17.2 Å². The first kappa shape index (κ1) is 9.15. The van der Waals surface area contributed by atoms with Gasteiger partial charge in [0.1, 0.15) is 4.88 Å². The first-order valence-corrected chi connectivity index (χ1v) is 4.38. The van der Waals surface area contributed by atoms with E-state index in [1.54, 1.807) is 18.8 Å². The Kier molecular flexibility index (Phi) is 3.69. The maximum atomic E-state index is 11.2. The van der Waals surface area contributed by atoms with E-state index < -0.39 is 0 Å². The lowest BCUT2D eigenvalue weighted by Crippen LogP contribution is -2.26. The molecule has 4 nitrogen and oxygen atoms in total. The molecular formula is C7H10N2O2S. The highest BCUT2D eigenvalue weighted by Crippen LogP contribution is 2.03. The SMILES string of the molecule is COCCNC(=O)c1cncs1. The number of nitrogens with zero attached hydrogens (tertiary/aromatic N) is 1. The third kappa shape index (κ3) is 2.60. The van der Waals surface area contributed by atoms with E-state index in [9.17, 15) is 4.79 Å². The zero-order valence-corrected chi connectivity index (χ0v) is 7.56. The van der Waals surface area contributed by atoms with Gasteiger partial charge in [-0.2, -0.15) is 0 Å². The lowest BCUT2D eigenvalue weighted by molar-refractivity contribution is 0.0941. The molecule has 0 aliphatic rings. The predicted octanol–water partition coefficient (Wildman–Crippen LogP) is 0.519. The van der Waals surface area contributed by atoms with Crippen molar-refractivity contribution in [1.29, 1.82) is 0 Å². The van der Waals surface area contributed by atoms with Crippen LogP contribution in [-0.4, -0.2) is 31.2 Å². The fraction of sp³-hybridized carbons (Fsp3) is 0.429. The number of hydrogen-bond donors (Lipinski definition) is 1. The van der Waals surface area contributed by atoms with Crippen molar-refractivity contribution in [2.24, 2.45) is 0 Å². The van der Waals surface area contributed by atoms with E-state index in [-0.39, 0.29) is 5.91 Å². The van der Waals surface area contributed by atoms with Crippen molar-refractivity contribution in [1.82, 2.24) is 10.3 Å². The van der Waals surface area contributed by atoms with Gasteiger partial charge >= 0.3 is 0 Å². The summed E-state index contributed by atoms with van der Waals surface area (Å²) < 4.78 is 4.78. The molecule has 66 valence electrons. The van der Waals surface area contributed by atoms with Gasteiger partial charge in [-0.15, -0.1) is 11.3 Å². The molecule has 0 bridgehead atoms.